The summed E-state index contributed by atoms with van der Waals surface area (Å²) >= 11 is 15.3. The fourth-order valence-corrected chi connectivity index (χ4v) is 2.20. The Morgan fingerprint density at radius 1 is 1.00 bits per heavy atom. The molecule has 0 aliphatic rings. The van der Waals surface area contributed by atoms with E-state index in [1.54, 1.807) is 6.07 Å². The second-order valence-electron chi connectivity index (χ2n) is 3.58. The molecule has 2 rings (SSSR count). The summed E-state index contributed by atoms with van der Waals surface area (Å²) in [6, 6.07) is 13.6. The average Bonchev–Trinajstić information content (AvgIpc) is 2.32. The number of anilines is 1. The van der Waals surface area contributed by atoms with Crippen LogP contribution in [-0.2, 0) is 6.54 Å². The van der Waals surface area contributed by atoms with E-state index in [1.807, 2.05) is 36.4 Å². The van der Waals surface area contributed by atoms with Gasteiger partial charge in [0.05, 0.1) is 10.0 Å². The van der Waals surface area contributed by atoms with E-state index >= 15 is 0 Å². The monoisotopic (exact) mass is 329 g/mol. The summed E-state index contributed by atoms with van der Waals surface area (Å²) in [5, 5.41) is 4.49. The highest BCUT2D eigenvalue weighted by atomic mass is 79.9. The smallest absolute Gasteiger partial charge is 0.0595 e. The Kier molecular flexibility index (Phi) is 4.32. The van der Waals surface area contributed by atoms with Gasteiger partial charge in [-0.15, -0.1) is 0 Å². The fourth-order valence-electron chi connectivity index (χ4n) is 1.45. The highest BCUT2D eigenvalue weighted by Gasteiger charge is 2.01. The van der Waals surface area contributed by atoms with Crippen LogP contribution in [0.25, 0.3) is 0 Å². The molecule has 0 aliphatic carbocycles. The third-order valence-electron chi connectivity index (χ3n) is 2.34. The van der Waals surface area contributed by atoms with E-state index < -0.39 is 0 Å². The number of halogens is 3. The molecule has 0 radical (unpaired) electrons. The minimum absolute atomic E-state index is 0.580. The first kappa shape index (κ1) is 12.7. The minimum atomic E-state index is 0.580. The molecule has 1 N–H and O–H groups in total. The van der Waals surface area contributed by atoms with Gasteiger partial charge in [-0.1, -0.05) is 41.4 Å². The third-order valence-corrected chi connectivity index (χ3v) is 3.77. The molecule has 0 aromatic heterocycles. The van der Waals surface area contributed by atoms with Crippen LogP contribution in [0.15, 0.2) is 46.9 Å². The van der Waals surface area contributed by atoms with Crippen molar-refractivity contribution in [1.29, 1.82) is 0 Å². The lowest BCUT2D eigenvalue weighted by molar-refractivity contribution is 1.15. The molecular formula is C13H10BrCl2N. The summed E-state index contributed by atoms with van der Waals surface area (Å²) in [6.45, 7) is 0.708. The zero-order valence-electron chi connectivity index (χ0n) is 8.88. The normalized spacial score (nSPS) is 10.3. The van der Waals surface area contributed by atoms with E-state index in [0.717, 1.165) is 15.7 Å². The van der Waals surface area contributed by atoms with E-state index in [9.17, 15) is 0 Å². The number of rotatable bonds is 3. The van der Waals surface area contributed by atoms with Crippen molar-refractivity contribution in [2.45, 2.75) is 6.54 Å². The van der Waals surface area contributed by atoms with Gasteiger partial charge in [-0.3, -0.25) is 0 Å². The van der Waals surface area contributed by atoms with Crippen LogP contribution in [0, 0.1) is 0 Å². The second kappa shape index (κ2) is 5.76. The molecule has 2 aromatic rings. The highest BCUT2D eigenvalue weighted by molar-refractivity contribution is 9.10. The maximum Gasteiger partial charge on any atom is 0.0595 e. The zero-order chi connectivity index (χ0) is 12.3. The standard InChI is InChI=1S/C13H10BrCl2N/c14-10-3-1-2-4-13(10)17-8-9-5-6-11(15)12(16)7-9/h1-7,17H,8H2. The Bertz CT molecular complexity index is 529. The molecule has 0 amide bonds. The van der Waals surface area contributed by atoms with Gasteiger partial charge in [0.15, 0.2) is 0 Å². The Balaban J connectivity index is 2.08. The number of hydrogen-bond donors (Lipinski definition) is 1. The molecule has 0 heterocycles. The van der Waals surface area contributed by atoms with Crippen molar-refractivity contribution in [3.8, 4) is 0 Å². The van der Waals surface area contributed by atoms with Crippen LogP contribution in [0.5, 0.6) is 0 Å². The number of hydrogen-bond acceptors (Lipinski definition) is 1. The minimum Gasteiger partial charge on any atom is -0.380 e. The van der Waals surface area contributed by atoms with Crippen molar-refractivity contribution in [3.63, 3.8) is 0 Å². The molecule has 0 fully saturated rings. The summed E-state index contributed by atoms with van der Waals surface area (Å²) in [4.78, 5) is 0. The molecule has 17 heavy (non-hydrogen) atoms. The number of benzene rings is 2. The van der Waals surface area contributed by atoms with E-state index in [2.05, 4.69) is 21.2 Å². The maximum absolute atomic E-state index is 5.96. The Morgan fingerprint density at radius 2 is 1.76 bits per heavy atom. The lowest BCUT2D eigenvalue weighted by Gasteiger charge is -2.09. The Hall–Kier alpha value is -0.700. The van der Waals surface area contributed by atoms with E-state index in [0.29, 0.717) is 16.6 Å². The van der Waals surface area contributed by atoms with Crippen molar-refractivity contribution < 1.29 is 0 Å². The van der Waals surface area contributed by atoms with Gasteiger partial charge in [-0.25, -0.2) is 0 Å². The number of para-hydroxylation sites is 1. The van der Waals surface area contributed by atoms with Gasteiger partial charge in [0.2, 0.25) is 0 Å². The van der Waals surface area contributed by atoms with Crippen LogP contribution >= 0.6 is 39.1 Å². The summed E-state index contributed by atoms with van der Waals surface area (Å²) in [5.74, 6) is 0. The van der Waals surface area contributed by atoms with Crippen molar-refractivity contribution in [3.05, 3.63) is 62.5 Å². The Labute approximate surface area is 119 Å². The predicted octanol–water partition coefficient (Wildman–Crippen LogP) is 5.37. The van der Waals surface area contributed by atoms with Crippen molar-refractivity contribution in [2.75, 3.05) is 5.32 Å². The molecule has 0 unspecified atom stereocenters. The van der Waals surface area contributed by atoms with Gasteiger partial charge >= 0.3 is 0 Å². The molecule has 0 saturated heterocycles. The van der Waals surface area contributed by atoms with E-state index in [-0.39, 0.29) is 0 Å². The molecule has 1 nitrogen and oxygen atoms in total. The topological polar surface area (TPSA) is 12.0 Å². The molecule has 88 valence electrons. The Morgan fingerprint density at radius 3 is 2.47 bits per heavy atom. The third kappa shape index (κ3) is 3.38. The average molecular weight is 331 g/mol. The van der Waals surface area contributed by atoms with Crippen LogP contribution in [0.2, 0.25) is 10.0 Å². The van der Waals surface area contributed by atoms with Crippen molar-refractivity contribution in [2.24, 2.45) is 0 Å². The maximum atomic E-state index is 5.96. The second-order valence-corrected chi connectivity index (χ2v) is 5.25. The lowest BCUT2D eigenvalue weighted by Crippen LogP contribution is -1.99. The van der Waals surface area contributed by atoms with E-state index in [4.69, 9.17) is 23.2 Å². The summed E-state index contributed by atoms with van der Waals surface area (Å²) in [5.41, 5.74) is 2.15. The number of nitrogens with one attached hydrogen (secondary N) is 1. The molecule has 0 aliphatic heterocycles. The van der Waals surface area contributed by atoms with Crippen LogP contribution in [0.1, 0.15) is 5.56 Å². The van der Waals surface area contributed by atoms with Crippen molar-refractivity contribution >= 4 is 44.8 Å². The molecule has 2 aromatic carbocycles. The molecule has 0 atom stereocenters. The van der Waals surface area contributed by atoms with Crippen LogP contribution in [0.3, 0.4) is 0 Å². The summed E-state index contributed by atoms with van der Waals surface area (Å²) < 4.78 is 1.04. The van der Waals surface area contributed by atoms with Crippen molar-refractivity contribution in [1.82, 2.24) is 0 Å². The highest BCUT2D eigenvalue weighted by Crippen LogP contribution is 2.25. The van der Waals surface area contributed by atoms with Gasteiger partial charge in [-0.2, -0.15) is 0 Å². The first-order valence-electron chi connectivity index (χ1n) is 5.09. The summed E-state index contributed by atoms with van der Waals surface area (Å²) in [7, 11) is 0. The lowest BCUT2D eigenvalue weighted by atomic mass is 10.2. The SMILES string of the molecule is Clc1ccc(CNc2ccccc2Br)cc1Cl. The zero-order valence-corrected chi connectivity index (χ0v) is 12.0. The molecule has 0 saturated carbocycles. The first-order valence-corrected chi connectivity index (χ1v) is 6.64. The molecular weight excluding hydrogens is 321 g/mol. The molecule has 0 spiro atoms. The molecule has 4 heteroatoms. The van der Waals surface area contributed by atoms with Gasteiger partial charge in [0.25, 0.3) is 0 Å². The van der Waals surface area contributed by atoms with Crippen LogP contribution in [-0.4, -0.2) is 0 Å². The van der Waals surface area contributed by atoms with Crippen LogP contribution in [0.4, 0.5) is 5.69 Å². The van der Waals surface area contributed by atoms with E-state index in [1.165, 1.54) is 0 Å². The fraction of sp³-hybridized carbons (Fsp3) is 0.0769. The van der Waals surface area contributed by atoms with Gasteiger partial charge in [0.1, 0.15) is 0 Å². The predicted molar refractivity (Wildman–Crippen MR) is 77.9 cm³/mol. The van der Waals surface area contributed by atoms with Gasteiger partial charge in [0, 0.05) is 16.7 Å². The largest absolute Gasteiger partial charge is 0.380 e. The molecule has 0 bridgehead atoms. The van der Waals surface area contributed by atoms with Gasteiger partial charge < -0.3 is 5.32 Å². The first-order chi connectivity index (χ1) is 8.16. The quantitative estimate of drug-likeness (QED) is 0.797. The van der Waals surface area contributed by atoms with Crippen LogP contribution < -0.4 is 5.32 Å². The summed E-state index contributed by atoms with van der Waals surface area (Å²) in [6.07, 6.45) is 0. The van der Waals surface area contributed by atoms with Gasteiger partial charge in [-0.05, 0) is 45.8 Å².